The molecule has 6 nitrogen and oxygen atoms in total. The van der Waals surface area contributed by atoms with Gasteiger partial charge in [-0.25, -0.2) is 0 Å². The Hall–Kier alpha value is -0.530. The van der Waals surface area contributed by atoms with E-state index in [1.165, 1.54) is 64.7 Å². The van der Waals surface area contributed by atoms with Gasteiger partial charge in [0.15, 0.2) is 0 Å². The number of carbonyl (C=O) groups excluding carboxylic acids is 1. The summed E-state index contributed by atoms with van der Waals surface area (Å²) < 4.78 is 0. The minimum absolute atomic E-state index is 0.651. The summed E-state index contributed by atoms with van der Waals surface area (Å²) in [6.45, 7) is 3.73. The Balaban J connectivity index is 0.000000361. The van der Waals surface area contributed by atoms with Gasteiger partial charge in [0, 0.05) is 31.7 Å². The molecule has 0 unspecified atom stereocenters. The topological polar surface area (TPSA) is 66.0 Å². The molecule has 2 spiro atoms. The second-order valence-electron chi connectivity index (χ2n) is 9.82. The highest BCUT2D eigenvalue weighted by atomic mass is 17.4. The quantitative estimate of drug-likeness (QED) is 0.376. The number of hydrogen-bond donors (Lipinski definition) is 1. The van der Waals surface area contributed by atoms with Crippen molar-refractivity contribution in [3.63, 3.8) is 0 Å². The van der Waals surface area contributed by atoms with E-state index in [0.717, 1.165) is 69.6 Å². The van der Waals surface area contributed by atoms with Crippen molar-refractivity contribution in [2.75, 3.05) is 7.05 Å². The zero-order valence-electron chi connectivity index (χ0n) is 20.3. The lowest BCUT2D eigenvalue weighted by Gasteiger charge is -2.45. The van der Waals surface area contributed by atoms with E-state index in [1.54, 1.807) is 0 Å². The summed E-state index contributed by atoms with van der Waals surface area (Å²) in [4.78, 5) is 32.2. The van der Waals surface area contributed by atoms with Gasteiger partial charge < -0.3 is 10.1 Å². The molecule has 182 valence electrons. The van der Waals surface area contributed by atoms with E-state index >= 15 is 0 Å². The summed E-state index contributed by atoms with van der Waals surface area (Å²) in [7, 11) is 2.01. The zero-order chi connectivity index (χ0) is 22.4. The Morgan fingerprint density at radius 3 is 1.35 bits per heavy atom. The molecule has 1 aliphatic heterocycles. The van der Waals surface area contributed by atoms with Gasteiger partial charge in [0.25, 0.3) is 0 Å². The van der Waals surface area contributed by atoms with Gasteiger partial charge in [-0.15, -0.1) is 0 Å². The van der Waals surface area contributed by atoms with Crippen LogP contribution in [0.3, 0.4) is 0 Å². The lowest BCUT2D eigenvalue weighted by atomic mass is 9.86. The Morgan fingerprint density at radius 1 is 0.677 bits per heavy atom. The normalized spacial score (nSPS) is 26.9. The van der Waals surface area contributed by atoms with Crippen molar-refractivity contribution in [2.24, 2.45) is 5.92 Å². The first-order chi connectivity index (χ1) is 15.1. The summed E-state index contributed by atoms with van der Waals surface area (Å²) >= 11 is 0. The molecule has 0 aromatic carbocycles. The van der Waals surface area contributed by atoms with Crippen molar-refractivity contribution in [1.82, 2.24) is 5.32 Å². The monoisotopic (exact) mass is 441 g/mol. The first kappa shape index (κ1) is 26.7. The molecule has 0 aromatic rings. The van der Waals surface area contributed by atoms with Gasteiger partial charge in [-0.1, -0.05) is 51.9 Å². The second-order valence-corrected chi connectivity index (χ2v) is 9.82. The van der Waals surface area contributed by atoms with Crippen LogP contribution in [-0.2, 0) is 24.3 Å². The second kappa shape index (κ2) is 14.6. The fourth-order valence-electron chi connectivity index (χ4n) is 4.39. The van der Waals surface area contributed by atoms with Crippen LogP contribution in [0.2, 0.25) is 0 Å². The molecule has 31 heavy (non-hydrogen) atoms. The molecule has 4 fully saturated rings. The molecular formula is C25H47NO5. The van der Waals surface area contributed by atoms with Gasteiger partial charge in [-0.3, -0.25) is 0 Å². The van der Waals surface area contributed by atoms with Crippen LogP contribution >= 0.6 is 0 Å². The van der Waals surface area contributed by atoms with E-state index in [0.29, 0.717) is 0 Å². The third-order valence-electron chi connectivity index (χ3n) is 6.83. The average Bonchev–Trinajstić information content (AvgIpc) is 3.61. The van der Waals surface area contributed by atoms with Crippen molar-refractivity contribution >= 4 is 6.29 Å². The van der Waals surface area contributed by atoms with E-state index < -0.39 is 11.6 Å². The molecule has 0 bridgehead atoms. The van der Waals surface area contributed by atoms with Crippen LogP contribution in [0.4, 0.5) is 0 Å². The molecule has 4 aliphatic rings. The molecule has 1 heterocycles. The largest absolute Gasteiger partial charge is 0.317 e. The van der Waals surface area contributed by atoms with Crippen molar-refractivity contribution in [2.45, 2.75) is 141 Å². The Bertz CT molecular complexity index is 451. The summed E-state index contributed by atoms with van der Waals surface area (Å²) in [6.07, 6.45) is 20.7. The van der Waals surface area contributed by atoms with Crippen molar-refractivity contribution < 1.29 is 24.3 Å². The molecule has 0 amide bonds. The third kappa shape index (κ3) is 10.3. The van der Waals surface area contributed by atoms with E-state index in [2.05, 4.69) is 12.2 Å². The maximum absolute atomic E-state index is 8.81. The van der Waals surface area contributed by atoms with Crippen LogP contribution in [0, 0.1) is 5.92 Å². The zero-order valence-corrected chi connectivity index (χ0v) is 20.3. The van der Waals surface area contributed by atoms with Gasteiger partial charge in [0.05, 0.1) is 0 Å². The van der Waals surface area contributed by atoms with E-state index in [1.807, 2.05) is 7.05 Å². The molecule has 0 radical (unpaired) electrons. The van der Waals surface area contributed by atoms with Crippen LogP contribution in [-0.4, -0.2) is 30.9 Å². The van der Waals surface area contributed by atoms with Gasteiger partial charge in [-0.2, -0.15) is 19.6 Å². The molecular weight excluding hydrogens is 394 g/mol. The molecule has 0 aromatic heterocycles. The van der Waals surface area contributed by atoms with E-state index in [4.69, 9.17) is 24.3 Å². The summed E-state index contributed by atoms with van der Waals surface area (Å²) in [5, 5.41) is 3.14. The van der Waals surface area contributed by atoms with Crippen LogP contribution in [0.5, 0.6) is 0 Å². The van der Waals surface area contributed by atoms with Crippen molar-refractivity contribution in [1.29, 1.82) is 0 Å². The minimum Gasteiger partial charge on any atom is -0.317 e. The number of carbonyl (C=O) groups is 1. The molecule has 1 saturated heterocycles. The maximum atomic E-state index is 8.81. The Labute approximate surface area is 190 Å². The SMILES string of the molecule is CC1CCC2(CC1)OOC1(CCCCCCCCCCC1)OO2.CC=O.CNC1CC1. The number of hydrogen-bond acceptors (Lipinski definition) is 6. The molecule has 0 atom stereocenters. The predicted molar refractivity (Wildman–Crippen MR) is 122 cm³/mol. The maximum Gasteiger partial charge on any atom is 0.234 e. The highest BCUT2D eigenvalue weighted by molar-refractivity contribution is 5.44. The van der Waals surface area contributed by atoms with Crippen molar-refractivity contribution in [3.8, 4) is 0 Å². The summed E-state index contributed by atoms with van der Waals surface area (Å²) in [6, 6.07) is 0.884. The van der Waals surface area contributed by atoms with Crippen molar-refractivity contribution in [3.05, 3.63) is 0 Å². The highest BCUT2D eigenvalue weighted by Gasteiger charge is 2.49. The Kier molecular flexibility index (Phi) is 12.6. The first-order valence-corrected chi connectivity index (χ1v) is 12.9. The van der Waals surface area contributed by atoms with E-state index in [-0.39, 0.29) is 0 Å². The highest BCUT2D eigenvalue weighted by Crippen LogP contribution is 2.43. The summed E-state index contributed by atoms with van der Waals surface area (Å²) in [5.41, 5.74) is 0. The third-order valence-corrected chi connectivity index (χ3v) is 6.83. The first-order valence-electron chi connectivity index (χ1n) is 12.9. The molecule has 1 N–H and O–H groups in total. The Morgan fingerprint density at radius 2 is 1.03 bits per heavy atom. The molecule has 3 aliphatic carbocycles. The average molecular weight is 442 g/mol. The van der Waals surface area contributed by atoms with Gasteiger partial charge in [-0.05, 0) is 58.4 Å². The fraction of sp³-hybridized carbons (Fsp3) is 0.960. The van der Waals surface area contributed by atoms with Gasteiger partial charge in [0.1, 0.15) is 6.29 Å². The van der Waals surface area contributed by atoms with Crippen LogP contribution in [0.1, 0.15) is 123 Å². The van der Waals surface area contributed by atoms with Gasteiger partial charge in [0.2, 0.25) is 11.6 Å². The lowest BCUT2D eigenvalue weighted by molar-refractivity contribution is -0.661. The van der Waals surface area contributed by atoms with Crippen LogP contribution < -0.4 is 5.32 Å². The molecule has 4 rings (SSSR count). The predicted octanol–water partition coefficient (Wildman–Crippen LogP) is 6.38. The van der Waals surface area contributed by atoms with Gasteiger partial charge >= 0.3 is 0 Å². The smallest absolute Gasteiger partial charge is 0.234 e. The lowest BCUT2D eigenvalue weighted by Crippen LogP contribution is -2.52. The molecule has 3 saturated carbocycles. The standard InChI is InChI=1S/C19H34O4.C4H9N.C2H4O/c1-17-11-15-19(16-12-17)22-20-18(21-23-19)13-9-7-5-3-2-4-6-8-10-14-18;1-5-4-2-3-4;1-2-3/h17H,2-16H2,1H3;4-5H,2-3H2,1H3;2H,1H3. The van der Waals surface area contributed by atoms with E-state index in [9.17, 15) is 0 Å². The summed E-state index contributed by atoms with van der Waals surface area (Å²) in [5.74, 6) is -0.584. The minimum atomic E-state index is -0.673. The fourth-order valence-corrected chi connectivity index (χ4v) is 4.39. The number of rotatable bonds is 1. The van der Waals surface area contributed by atoms with Crippen LogP contribution in [0.25, 0.3) is 0 Å². The number of nitrogens with one attached hydrogen (secondary N) is 1. The van der Waals surface area contributed by atoms with Crippen LogP contribution in [0.15, 0.2) is 0 Å². The number of aldehydes is 1. The molecule has 6 heteroatoms.